The summed E-state index contributed by atoms with van der Waals surface area (Å²) in [6.45, 7) is 0.467. The van der Waals surface area contributed by atoms with Gasteiger partial charge < -0.3 is 26.2 Å². The number of carboxylic acid groups (broad SMARTS) is 1. The van der Waals surface area contributed by atoms with Crippen molar-refractivity contribution in [3.05, 3.63) is 0 Å². The van der Waals surface area contributed by atoms with Gasteiger partial charge in [0.1, 0.15) is 6.04 Å². The standard InChI is InChI=1S/C11H19N3O5/c12-9(16)7-3-1-2-6-14(7)11(19)13-5-4-8(15)10(17)18/h7-8,15H,1-6H2,(H2,12,16)(H,13,19)(H,17,18)/t7?,8-/m0/s1. The van der Waals surface area contributed by atoms with Crippen molar-refractivity contribution in [2.45, 2.75) is 37.8 Å². The second kappa shape index (κ2) is 6.93. The highest BCUT2D eigenvalue weighted by Crippen LogP contribution is 2.16. The van der Waals surface area contributed by atoms with Gasteiger partial charge in [-0.3, -0.25) is 4.79 Å². The molecule has 1 unspecified atom stereocenters. The number of amides is 3. The quantitative estimate of drug-likeness (QED) is 0.503. The summed E-state index contributed by atoms with van der Waals surface area (Å²) in [5.74, 6) is -1.87. The van der Waals surface area contributed by atoms with Gasteiger partial charge in [0, 0.05) is 19.5 Å². The Kier molecular flexibility index (Phi) is 5.56. The number of nitrogens with zero attached hydrogens (tertiary/aromatic N) is 1. The first kappa shape index (κ1) is 15.2. The first-order valence-corrected chi connectivity index (χ1v) is 6.18. The molecule has 0 aromatic rings. The smallest absolute Gasteiger partial charge is 0.332 e. The molecule has 19 heavy (non-hydrogen) atoms. The fraction of sp³-hybridized carbons (Fsp3) is 0.727. The van der Waals surface area contributed by atoms with Crippen molar-refractivity contribution in [2.24, 2.45) is 5.73 Å². The maximum Gasteiger partial charge on any atom is 0.332 e. The molecule has 1 aliphatic heterocycles. The summed E-state index contributed by atoms with van der Waals surface area (Å²) in [6.07, 6.45) is 0.592. The third-order valence-corrected chi connectivity index (χ3v) is 3.07. The largest absolute Gasteiger partial charge is 0.479 e. The number of rotatable bonds is 5. The molecule has 108 valence electrons. The highest BCUT2D eigenvalue weighted by atomic mass is 16.4. The molecule has 1 heterocycles. The number of hydrogen-bond donors (Lipinski definition) is 4. The minimum atomic E-state index is -1.51. The van der Waals surface area contributed by atoms with Gasteiger partial charge >= 0.3 is 12.0 Å². The highest BCUT2D eigenvalue weighted by molar-refractivity contribution is 5.86. The monoisotopic (exact) mass is 273 g/mol. The SMILES string of the molecule is NC(=O)C1CCCCN1C(=O)NCC[C@H](O)C(=O)O. The number of aliphatic hydroxyl groups excluding tert-OH is 1. The van der Waals surface area contributed by atoms with Gasteiger partial charge in [-0.1, -0.05) is 0 Å². The van der Waals surface area contributed by atoms with Crippen molar-refractivity contribution in [1.82, 2.24) is 10.2 Å². The van der Waals surface area contributed by atoms with Crippen LogP contribution in [0.2, 0.25) is 0 Å². The van der Waals surface area contributed by atoms with Crippen LogP contribution in [-0.2, 0) is 9.59 Å². The van der Waals surface area contributed by atoms with E-state index in [2.05, 4.69) is 5.32 Å². The van der Waals surface area contributed by atoms with Crippen LogP contribution in [0.15, 0.2) is 0 Å². The molecule has 1 rings (SSSR count). The Hall–Kier alpha value is -1.83. The summed E-state index contributed by atoms with van der Waals surface area (Å²) < 4.78 is 0. The number of nitrogens with one attached hydrogen (secondary N) is 1. The molecule has 0 aromatic carbocycles. The Morgan fingerprint density at radius 2 is 2.05 bits per heavy atom. The van der Waals surface area contributed by atoms with Gasteiger partial charge in [-0.2, -0.15) is 0 Å². The van der Waals surface area contributed by atoms with Crippen LogP contribution < -0.4 is 11.1 Å². The lowest BCUT2D eigenvalue weighted by atomic mass is 10.0. The maximum absolute atomic E-state index is 11.8. The molecule has 0 saturated carbocycles. The van der Waals surface area contributed by atoms with Crippen LogP contribution >= 0.6 is 0 Å². The number of piperidine rings is 1. The van der Waals surface area contributed by atoms with E-state index in [0.717, 1.165) is 12.8 Å². The van der Waals surface area contributed by atoms with Crippen LogP contribution in [0.1, 0.15) is 25.7 Å². The molecule has 0 aromatic heterocycles. The molecule has 3 amide bonds. The van der Waals surface area contributed by atoms with Crippen molar-refractivity contribution >= 4 is 17.9 Å². The van der Waals surface area contributed by atoms with Crippen LogP contribution in [0.25, 0.3) is 0 Å². The van der Waals surface area contributed by atoms with E-state index in [1.165, 1.54) is 4.90 Å². The molecule has 0 aliphatic carbocycles. The topological polar surface area (TPSA) is 133 Å². The Morgan fingerprint density at radius 1 is 1.37 bits per heavy atom. The third kappa shape index (κ3) is 4.40. The molecule has 0 spiro atoms. The zero-order valence-electron chi connectivity index (χ0n) is 10.5. The number of aliphatic hydroxyl groups is 1. The molecule has 1 saturated heterocycles. The molecule has 0 bridgehead atoms. The maximum atomic E-state index is 11.8. The van der Waals surface area contributed by atoms with Crippen LogP contribution in [-0.4, -0.2) is 58.3 Å². The van der Waals surface area contributed by atoms with Gasteiger partial charge in [-0.15, -0.1) is 0 Å². The van der Waals surface area contributed by atoms with Crippen molar-refractivity contribution in [2.75, 3.05) is 13.1 Å². The molecular formula is C11H19N3O5. The normalized spacial score (nSPS) is 20.7. The predicted molar refractivity (Wildman–Crippen MR) is 65.2 cm³/mol. The lowest BCUT2D eigenvalue weighted by Crippen LogP contribution is -2.54. The molecule has 0 radical (unpaired) electrons. The number of likely N-dealkylation sites (tertiary alicyclic amines) is 1. The van der Waals surface area contributed by atoms with Gasteiger partial charge in [0.25, 0.3) is 0 Å². The van der Waals surface area contributed by atoms with Crippen molar-refractivity contribution in [1.29, 1.82) is 0 Å². The van der Waals surface area contributed by atoms with E-state index in [4.69, 9.17) is 15.9 Å². The van der Waals surface area contributed by atoms with Crippen LogP contribution in [0.3, 0.4) is 0 Å². The summed E-state index contributed by atoms with van der Waals surface area (Å²) in [4.78, 5) is 34.8. The predicted octanol–water partition coefficient (Wildman–Crippen LogP) is -1.13. The number of urea groups is 1. The Labute approximate surface area is 110 Å². The second-order valence-corrected chi connectivity index (χ2v) is 4.48. The molecule has 8 nitrogen and oxygen atoms in total. The number of carbonyl (C=O) groups is 3. The molecule has 1 aliphatic rings. The lowest BCUT2D eigenvalue weighted by Gasteiger charge is -2.33. The van der Waals surface area contributed by atoms with E-state index in [1.54, 1.807) is 0 Å². The number of nitrogens with two attached hydrogens (primary N) is 1. The molecule has 8 heteroatoms. The second-order valence-electron chi connectivity index (χ2n) is 4.48. The Balaban J connectivity index is 2.43. The first-order valence-electron chi connectivity index (χ1n) is 6.18. The molecule has 1 fully saturated rings. The minimum absolute atomic E-state index is 0.0221. The van der Waals surface area contributed by atoms with Gasteiger partial charge in [0.05, 0.1) is 0 Å². The number of hydrogen-bond acceptors (Lipinski definition) is 4. The first-order chi connectivity index (χ1) is 8.93. The van der Waals surface area contributed by atoms with Crippen LogP contribution in [0, 0.1) is 0 Å². The van der Waals surface area contributed by atoms with Crippen molar-refractivity contribution < 1.29 is 24.6 Å². The zero-order valence-corrected chi connectivity index (χ0v) is 10.5. The van der Waals surface area contributed by atoms with Gasteiger partial charge in [0.15, 0.2) is 6.10 Å². The minimum Gasteiger partial charge on any atom is -0.479 e. The number of primary amides is 1. The fourth-order valence-corrected chi connectivity index (χ4v) is 2.01. The number of aliphatic carboxylic acids is 1. The third-order valence-electron chi connectivity index (χ3n) is 3.07. The van der Waals surface area contributed by atoms with E-state index in [-0.39, 0.29) is 13.0 Å². The van der Waals surface area contributed by atoms with E-state index in [0.29, 0.717) is 13.0 Å². The molecule has 5 N–H and O–H groups in total. The van der Waals surface area contributed by atoms with Crippen molar-refractivity contribution in [3.8, 4) is 0 Å². The van der Waals surface area contributed by atoms with E-state index in [1.807, 2.05) is 0 Å². The lowest BCUT2D eigenvalue weighted by molar-refractivity contribution is -0.146. The van der Waals surface area contributed by atoms with Crippen LogP contribution in [0.5, 0.6) is 0 Å². The van der Waals surface area contributed by atoms with Gasteiger partial charge in [-0.05, 0) is 19.3 Å². The van der Waals surface area contributed by atoms with Crippen LogP contribution in [0.4, 0.5) is 4.79 Å². The van der Waals surface area contributed by atoms with Gasteiger partial charge in [-0.25, -0.2) is 9.59 Å². The molecule has 2 atom stereocenters. The highest BCUT2D eigenvalue weighted by Gasteiger charge is 2.30. The van der Waals surface area contributed by atoms with E-state index < -0.39 is 30.1 Å². The van der Waals surface area contributed by atoms with E-state index >= 15 is 0 Å². The Morgan fingerprint density at radius 3 is 2.63 bits per heavy atom. The average molecular weight is 273 g/mol. The summed E-state index contributed by atoms with van der Waals surface area (Å²) in [5.41, 5.74) is 5.23. The van der Waals surface area contributed by atoms with Crippen molar-refractivity contribution in [3.63, 3.8) is 0 Å². The number of carbonyl (C=O) groups excluding carboxylic acids is 2. The zero-order chi connectivity index (χ0) is 14.4. The molecular weight excluding hydrogens is 254 g/mol. The van der Waals surface area contributed by atoms with Gasteiger partial charge in [0.2, 0.25) is 5.91 Å². The summed E-state index contributed by atoms with van der Waals surface area (Å²) in [7, 11) is 0. The summed E-state index contributed by atoms with van der Waals surface area (Å²) in [5, 5.41) is 20.0. The number of carboxylic acids is 1. The summed E-state index contributed by atoms with van der Waals surface area (Å²) >= 11 is 0. The summed E-state index contributed by atoms with van der Waals surface area (Å²) in [6, 6.07) is -1.07. The average Bonchev–Trinajstić information content (AvgIpc) is 2.38. The van der Waals surface area contributed by atoms with E-state index in [9.17, 15) is 14.4 Å². The Bertz CT molecular complexity index is 360. The fourth-order valence-electron chi connectivity index (χ4n) is 2.01.